The molecule has 24 heavy (non-hydrogen) atoms. The molecule has 1 N–H and O–H groups in total. The number of rotatable bonds is 4. The van der Waals surface area contributed by atoms with Crippen LogP contribution in [0.1, 0.15) is 12.8 Å². The summed E-state index contributed by atoms with van der Waals surface area (Å²) in [4.78, 5) is 12.4. The molecule has 0 spiro atoms. The van der Waals surface area contributed by atoms with Gasteiger partial charge in [-0.05, 0) is 37.1 Å². The molecule has 1 aliphatic heterocycles. The Morgan fingerprint density at radius 1 is 1.29 bits per heavy atom. The summed E-state index contributed by atoms with van der Waals surface area (Å²) in [6.45, 7) is 0.250. The number of amides is 1. The molecular formula is C15H17FN4O3S. The number of sulfonamides is 1. The Balaban J connectivity index is 1.81. The van der Waals surface area contributed by atoms with Crippen LogP contribution in [-0.4, -0.2) is 41.0 Å². The lowest BCUT2D eigenvalue weighted by atomic mass is 10.2. The van der Waals surface area contributed by atoms with Crippen LogP contribution in [0.25, 0.3) is 0 Å². The van der Waals surface area contributed by atoms with Gasteiger partial charge in [-0.15, -0.1) is 0 Å². The fourth-order valence-corrected chi connectivity index (χ4v) is 4.38. The van der Waals surface area contributed by atoms with Crippen LogP contribution in [0, 0.1) is 5.82 Å². The molecule has 1 atom stereocenters. The van der Waals surface area contributed by atoms with E-state index in [1.54, 1.807) is 19.3 Å². The van der Waals surface area contributed by atoms with E-state index in [9.17, 15) is 17.6 Å². The summed E-state index contributed by atoms with van der Waals surface area (Å²) in [7, 11) is -2.14. The molecule has 0 bridgehead atoms. The Labute approximate surface area is 139 Å². The van der Waals surface area contributed by atoms with Gasteiger partial charge < -0.3 is 5.32 Å². The summed E-state index contributed by atoms with van der Waals surface area (Å²) in [6.07, 6.45) is 2.69. The van der Waals surface area contributed by atoms with Gasteiger partial charge in [-0.3, -0.25) is 9.48 Å². The topological polar surface area (TPSA) is 84.3 Å². The van der Waals surface area contributed by atoms with Crippen molar-refractivity contribution in [2.75, 3.05) is 11.9 Å². The van der Waals surface area contributed by atoms with Gasteiger partial charge in [0.25, 0.3) is 0 Å². The number of nitrogens with zero attached hydrogens (tertiary/aromatic N) is 3. The molecule has 1 aromatic carbocycles. The van der Waals surface area contributed by atoms with Crippen molar-refractivity contribution in [3.05, 3.63) is 42.3 Å². The minimum Gasteiger partial charge on any atom is -0.308 e. The second-order valence-electron chi connectivity index (χ2n) is 5.59. The molecular weight excluding hydrogens is 335 g/mol. The van der Waals surface area contributed by atoms with Gasteiger partial charge >= 0.3 is 0 Å². The largest absolute Gasteiger partial charge is 0.308 e. The van der Waals surface area contributed by atoms with Crippen LogP contribution in [0.15, 0.2) is 41.4 Å². The average Bonchev–Trinajstić information content (AvgIpc) is 3.17. The highest BCUT2D eigenvalue weighted by Crippen LogP contribution is 2.27. The summed E-state index contributed by atoms with van der Waals surface area (Å²) < 4.78 is 41.2. The van der Waals surface area contributed by atoms with Crippen LogP contribution in [0.4, 0.5) is 10.2 Å². The monoisotopic (exact) mass is 352 g/mol. The normalized spacial score (nSPS) is 18.7. The predicted molar refractivity (Wildman–Crippen MR) is 85.2 cm³/mol. The molecule has 1 aliphatic rings. The van der Waals surface area contributed by atoms with Crippen molar-refractivity contribution < 1.29 is 17.6 Å². The number of carbonyl (C=O) groups is 1. The Bertz CT molecular complexity index is 848. The zero-order chi connectivity index (χ0) is 17.3. The zero-order valence-electron chi connectivity index (χ0n) is 13.0. The third-order valence-corrected chi connectivity index (χ3v) is 5.81. The summed E-state index contributed by atoms with van der Waals surface area (Å²) in [6, 6.07) is 5.42. The maximum atomic E-state index is 13.0. The van der Waals surface area contributed by atoms with E-state index in [0.717, 1.165) is 12.1 Å². The molecule has 1 amide bonds. The molecule has 7 nitrogen and oxygen atoms in total. The van der Waals surface area contributed by atoms with E-state index in [1.165, 1.54) is 21.1 Å². The molecule has 1 fully saturated rings. The van der Waals surface area contributed by atoms with E-state index in [0.29, 0.717) is 18.7 Å². The van der Waals surface area contributed by atoms with Crippen molar-refractivity contribution in [1.82, 2.24) is 14.1 Å². The second kappa shape index (κ2) is 6.33. The summed E-state index contributed by atoms with van der Waals surface area (Å²) >= 11 is 0. The maximum Gasteiger partial charge on any atom is 0.244 e. The zero-order valence-corrected chi connectivity index (χ0v) is 13.8. The van der Waals surface area contributed by atoms with Crippen molar-refractivity contribution in [3.63, 3.8) is 0 Å². The lowest BCUT2D eigenvalue weighted by molar-refractivity contribution is -0.119. The first-order valence-electron chi connectivity index (χ1n) is 7.46. The number of halogens is 1. The van der Waals surface area contributed by atoms with Gasteiger partial charge in [-0.2, -0.15) is 9.40 Å². The molecule has 2 heterocycles. The van der Waals surface area contributed by atoms with E-state index in [-0.39, 0.29) is 11.4 Å². The standard InChI is InChI=1S/C15H17FN4O3S/c1-19-10-8-14(18-19)17-15(21)13-3-2-9-20(13)24(22,23)12-6-4-11(16)5-7-12/h4-8,10,13H,2-3,9H2,1H3,(H,17,18,21). The van der Waals surface area contributed by atoms with Crippen LogP contribution >= 0.6 is 0 Å². The number of benzene rings is 1. The fraction of sp³-hybridized carbons (Fsp3) is 0.333. The van der Waals surface area contributed by atoms with Crippen LogP contribution in [0.5, 0.6) is 0 Å². The number of hydrogen-bond donors (Lipinski definition) is 1. The van der Waals surface area contributed by atoms with Crippen molar-refractivity contribution in [2.24, 2.45) is 7.05 Å². The third-order valence-electron chi connectivity index (χ3n) is 3.89. The fourth-order valence-electron chi connectivity index (χ4n) is 2.72. The molecule has 9 heteroatoms. The van der Waals surface area contributed by atoms with Crippen LogP contribution in [-0.2, 0) is 21.9 Å². The highest BCUT2D eigenvalue weighted by atomic mass is 32.2. The van der Waals surface area contributed by atoms with Crippen LogP contribution < -0.4 is 5.32 Å². The van der Waals surface area contributed by atoms with Crippen molar-refractivity contribution in [1.29, 1.82) is 0 Å². The van der Waals surface area contributed by atoms with Crippen molar-refractivity contribution in [3.8, 4) is 0 Å². The minimum atomic E-state index is -3.86. The number of hydrogen-bond acceptors (Lipinski definition) is 4. The van der Waals surface area contributed by atoms with E-state index >= 15 is 0 Å². The Morgan fingerprint density at radius 3 is 2.62 bits per heavy atom. The van der Waals surface area contributed by atoms with Gasteiger partial charge in [-0.1, -0.05) is 0 Å². The molecule has 0 aliphatic carbocycles. The van der Waals surface area contributed by atoms with Crippen LogP contribution in [0.2, 0.25) is 0 Å². The summed E-state index contributed by atoms with van der Waals surface area (Å²) in [5, 5.41) is 6.68. The van der Waals surface area contributed by atoms with Crippen molar-refractivity contribution in [2.45, 2.75) is 23.8 Å². The summed E-state index contributed by atoms with van der Waals surface area (Å²) in [5.41, 5.74) is 0. The van der Waals surface area contributed by atoms with Crippen LogP contribution in [0.3, 0.4) is 0 Å². The highest BCUT2D eigenvalue weighted by Gasteiger charge is 2.39. The molecule has 0 saturated carbocycles. The number of anilines is 1. The second-order valence-corrected chi connectivity index (χ2v) is 7.48. The van der Waals surface area contributed by atoms with Crippen molar-refractivity contribution >= 4 is 21.7 Å². The number of aromatic nitrogens is 2. The first-order chi connectivity index (χ1) is 11.4. The molecule has 1 unspecified atom stereocenters. The van der Waals surface area contributed by atoms with E-state index in [4.69, 9.17) is 0 Å². The van der Waals surface area contributed by atoms with Gasteiger partial charge in [0.05, 0.1) is 4.90 Å². The Morgan fingerprint density at radius 2 is 2.00 bits per heavy atom. The van der Waals surface area contributed by atoms with Gasteiger partial charge in [0, 0.05) is 25.9 Å². The lowest BCUT2D eigenvalue weighted by Crippen LogP contribution is -2.43. The highest BCUT2D eigenvalue weighted by molar-refractivity contribution is 7.89. The van der Waals surface area contributed by atoms with E-state index in [1.807, 2.05) is 0 Å². The molecule has 0 radical (unpaired) electrons. The molecule has 128 valence electrons. The van der Waals surface area contributed by atoms with E-state index in [2.05, 4.69) is 10.4 Å². The van der Waals surface area contributed by atoms with Gasteiger partial charge in [0.15, 0.2) is 5.82 Å². The first-order valence-corrected chi connectivity index (χ1v) is 8.90. The Hall–Kier alpha value is -2.26. The number of nitrogens with one attached hydrogen (secondary N) is 1. The molecule has 2 aromatic rings. The third kappa shape index (κ3) is 3.17. The number of carbonyl (C=O) groups excluding carboxylic acids is 1. The maximum absolute atomic E-state index is 13.0. The van der Waals surface area contributed by atoms with Gasteiger partial charge in [0.1, 0.15) is 11.9 Å². The number of aryl methyl sites for hydroxylation is 1. The Kier molecular flexibility index (Phi) is 4.37. The average molecular weight is 352 g/mol. The SMILES string of the molecule is Cn1ccc(NC(=O)C2CCCN2S(=O)(=O)c2ccc(F)cc2)n1. The van der Waals surface area contributed by atoms with Gasteiger partial charge in [0.2, 0.25) is 15.9 Å². The first kappa shape index (κ1) is 16.6. The lowest BCUT2D eigenvalue weighted by Gasteiger charge is -2.23. The van der Waals surface area contributed by atoms with Gasteiger partial charge in [-0.25, -0.2) is 12.8 Å². The molecule has 1 aromatic heterocycles. The van der Waals surface area contributed by atoms with E-state index < -0.39 is 27.8 Å². The smallest absolute Gasteiger partial charge is 0.244 e. The minimum absolute atomic E-state index is 0.0264. The molecule has 3 rings (SSSR count). The predicted octanol–water partition coefficient (Wildman–Crippen LogP) is 1.35. The molecule has 1 saturated heterocycles. The summed E-state index contributed by atoms with van der Waals surface area (Å²) in [5.74, 6) is -0.565. The quantitative estimate of drug-likeness (QED) is 0.900.